The third kappa shape index (κ3) is 2.84. The van der Waals surface area contributed by atoms with Crippen LogP contribution in [0.15, 0.2) is 54.7 Å². The highest BCUT2D eigenvalue weighted by atomic mass is 19.1. The molecule has 0 saturated carbocycles. The van der Waals surface area contributed by atoms with Gasteiger partial charge in [0, 0.05) is 17.8 Å². The van der Waals surface area contributed by atoms with Crippen molar-refractivity contribution in [2.75, 3.05) is 6.54 Å². The molecule has 2 heteroatoms. The summed E-state index contributed by atoms with van der Waals surface area (Å²) in [5.74, 6) is -0.213. The highest BCUT2D eigenvalue weighted by molar-refractivity contribution is 5.77. The van der Waals surface area contributed by atoms with E-state index in [0.717, 1.165) is 23.4 Å². The Morgan fingerprint density at radius 3 is 2.74 bits per heavy atom. The Balaban J connectivity index is 2.46. The molecule has 0 aromatic heterocycles. The molecule has 1 aliphatic heterocycles. The highest BCUT2D eigenvalue weighted by Crippen LogP contribution is 2.24. The van der Waals surface area contributed by atoms with Crippen LogP contribution in [0.2, 0.25) is 0 Å². The molecule has 1 aromatic rings. The minimum absolute atomic E-state index is 0.213. The van der Waals surface area contributed by atoms with Gasteiger partial charge in [-0.15, -0.1) is 0 Å². The second-order valence-electron chi connectivity index (χ2n) is 4.59. The molecule has 0 aliphatic carbocycles. The summed E-state index contributed by atoms with van der Waals surface area (Å²) >= 11 is 0. The van der Waals surface area contributed by atoms with Gasteiger partial charge in [-0.1, -0.05) is 36.4 Å². The molecule has 0 bridgehead atoms. The largest absolute Gasteiger partial charge is 0.381 e. The molecule has 1 N–H and O–H groups in total. The Hall–Kier alpha value is -2.09. The molecule has 1 aliphatic rings. The van der Waals surface area contributed by atoms with Crippen molar-refractivity contribution in [3.05, 3.63) is 71.6 Å². The third-order valence-electron chi connectivity index (χ3n) is 3.21. The number of allylic oxidation sites excluding steroid dienone is 5. The average Bonchev–Trinajstić information content (AvgIpc) is 2.43. The maximum absolute atomic E-state index is 14.0. The zero-order valence-electron chi connectivity index (χ0n) is 11.3. The van der Waals surface area contributed by atoms with E-state index in [1.165, 1.54) is 11.6 Å². The fraction of sp³-hybridized carbons (Fsp3) is 0.176. The maximum atomic E-state index is 14.0. The van der Waals surface area contributed by atoms with Crippen molar-refractivity contribution < 1.29 is 4.39 Å². The van der Waals surface area contributed by atoms with E-state index < -0.39 is 0 Å². The smallest absolute Gasteiger partial charge is 0.132 e. The Bertz CT molecular complexity index is 591. The molecular formula is C17H18FN. The molecule has 0 amide bonds. The Morgan fingerprint density at radius 2 is 2.16 bits per heavy atom. The molecule has 0 saturated heterocycles. The van der Waals surface area contributed by atoms with Gasteiger partial charge in [0.1, 0.15) is 5.82 Å². The summed E-state index contributed by atoms with van der Waals surface area (Å²) in [7, 11) is 0. The van der Waals surface area contributed by atoms with Crippen molar-refractivity contribution in [2.45, 2.75) is 13.8 Å². The van der Waals surface area contributed by atoms with Gasteiger partial charge in [0.2, 0.25) is 0 Å². The van der Waals surface area contributed by atoms with Crippen LogP contribution in [0.1, 0.15) is 25.0 Å². The first-order valence-electron chi connectivity index (χ1n) is 6.36. The van der Waals surface area contributed by atoms with Crippen LogP contribution in [0.4, 0.5) is 4.39 Å². The molecule has 0 fully saturated rings. The minimum Gasteiger partial charge on any atom is -0.381 e. The van der Waals surface area contributed by atoms with E-state index in [9.17, 15) is 4.39 Å². The molecular weight excluding hydrogens is 237 g/mol. The normalized spacial score (nSPS) is 15.4. The molecule has 0 atom stereocenters. The van der Waals surface area contributed by atoms with Crippen LogP contribution < -0.4 is 5.32 Å². The van der Waals surface area contributed by atoms with Crippen LogP contribution in [-0.2, 0) is 0 Å². The molecule has 0 radical (unpaired) electrons. The zero-order valence-corrected chi connectivity index (χ0v) is 11.3. The third-order valence-corrected chi connectivity index (χ3v) is 3.21. The van der Waals surface area contributed by atoms with E-state index in [1.807, 2.05) is 38.1 Å². The first-order chi connectivity index (χ1) is 9.15. The van der Waals surface area contributed by atoms with Gasteiger partial charge in [-0.25, -0.2) is 4.39 Å². The van der Waals surface area contributed by atoms with E-state index in [1.54, 1.807) is 12.1 Å². The van der Waals surface area contributed by atoms with Gasteiger partial charge < -0.3 is 5.32 Å². The van der Waals surface area contributed by atoms with E-state index in [2.05, 4.69) is 11.9 Å². The van der Waals surface area contributed by atoms with Crippen LogP contribution in [0.3, 0.4) is 0 Å². The molecule has 19 heavy (non-hydrogen) atoms. The summed E-state index contributed by atoms with van der Waals surface area (Å²) in [5.41, 5.74) is 4.64. The number of benzene rings is 1. The second-order valence-corrected chi connectivity index (χ2v) is 4.59. The number of dihydropyridines is 1. The number of hydrogen-bond donors (Lipinski definition) is 1. The lowest BCUT2D eigenvalue weighted by Gasteiger charge is -2.17. The Morgan fingerprint density at radius 1 is 1.37 bits per heavy atom. The molecule has 98 valence electrons. The summed E-state index contributed by atoms with van der Waals surface area (Å²) in [6.45, 7) is 8.53. The van der Waals surface area contributed by atoms with Crippen LogP contribution in [0.25, 0.3) is 11.3 Å². The van der Waals surface area contributed by atoms with Crippen molar-refractivity contribution in [1.29, 1.82) is 0 Å². The average molecular weight is 255 g/mol. The number of hydrogen-bond acceptors (Lipinski definition) is 1. The molecule has 1 aromatic carbocycles. The van der Waals surface area contributed by atoms with E-state index in [-0.39, 0.29) is 5.82 Å². The second kappa shape index (κ2) is 5.70. The van der Waals surface area contributed by atoms with Gasteiger partial charge in [-0.05, 0) is 43.2 Å². The quantitative estimate of drug-likeness (QED) is 0.794. The van der Waals surface area contributed by atoms with Gasteiger partial charge in [0.15, 0.2) is 0 Å². The topological polar surface area (TPSA) is 12.0 Å². The summed E-state index contributed by atoms with van der Waals surface area (Å²) in [4.78, 5) is 0. The molecule has 1 nitrogen and oxygen atoms in total. The standard InChI is InChI=1S/C17H18FN/c1-4-13(5-2)14-7-8-16(18)15(10-14)17-9-6-12(3)11-19-17/h4-10,19H,1,11H2,2-3H3/b13-5+. The van der Waals surface area contributed by atoms with Gasteiger partial charge in [-0.2, -0.15) is 0 Å². The molecule has 0 spiro atoms. The van der Waals surface area contributed by atoms with Crippen molar-refractivity contribution in [1.82, 2.24) is 5.32 Å². The predicted molar refractivity (Wildman–Crippen MR) is 80.0 cm³/mol. The van der Waals surface area contributed by atoms with Crippen LogP contribution in [-0.4, -0.2) is 6.54 Å². The first-order valence-corrected chi connectivity index (χ1v) is 6.36. The SMILES string of the molecule is C=C/C(=C\C)c1ccc(F)c(C2=CC=C(C)CN2)c1. The van der Waals surface area contributed by atoms with E-state index >= 15 is 0 Å². The van der Waals surface area contributed by atoms with Crippen LogP contribution >= 0.6 is 0 Å². The fourth-order valence-electron chi connectivity index (χ4n) is 2.08. The summed E-state index contributed by atoms with van der Waals surface area (Å²) in [5, 5.41) is 3.24. The number of nitrogens with one attached hydrogen (secondary N) is 1. The summed E-state index contributed by atoms with van der Waals surface area (Å²) < 4.78 is 14.0. The van der Waals surface area contributed by atoms with Gasteiger partial charge >= 0.3 is 0 Å². The minimum atomic E-state index is -0.213. The maximum Gasteiger partial charge on any atom is 0.132 e. The number of rotatable bonds is 3. The van der Waals surface area contributed by atoms with E-state index in [4.69, 9.17) is 0 Å². The van der Waals surface area contributed by atoms with Crippen molar-refractivity contribution >= 4 is 11.3 Å². The summed E-state index contributed by atoms with van der Waals surface area (Å²) in [6, 6.07) is 5.14. The molecule has 2 rings (SSSR count). The molecule has 1 heterocycles. The zero-order chi connectivity index (χ0) is 13.8. The fourth-order valence-corrected chi connectivity index (χ4v) is 2.08. The lowest BCUT2D eigenvalue weighted by Crippen LogP contribution is -2.18. The predicted octanol–water partition coefficient (Wildman–Crippen LogP) is 4.31. The monoisotopic (exact) mass is 255 g/mol. The van der Waals surface area contributed by atoms with Crippen molar-refractivity contribution in [3.8, 4) is 0 Å². The lowest BCUT2D eigenvalue weighted by atomic mass is 9.99. The first kappa shape index (κ1) is 13.3. The molecule has 0 unspecified atom stereocenters. The lowest BCUT2D eigenvalue weighted by molar-refractivity contribution is 0.622. The van der Waals surface area contributed by atoms with Gasteiger partial charge in [0.05, 0.1) is 0 Å². The summed E-state index contributed by atoms with van der Waals surface area (Å²) in [6.07, 6.45) is 7.69. The van der Waals surface area contributed by atoms with Crippen molar-refractivity contribution in [3.63, 3.8) is 0 Å². The van der Waals surface area contributed by atoms with E-state index in [0.29, 0.717) is 5.56 Å². The Kier molecular flexibility index (Phi) is 4.00. The van der Waals surface area contributed by atoms with Gasteiger partial charge in [0.25, 0.3) is 0 Å². The van der Waals surface area contributed by atoms with Crippen molar-refractivity contribution in [2.24, 2.45) is 0 Å². The van der Waals surface area contributed by atoms with Crippen LogP contribution in [0.5, 0.6) is 0 Å². The Labute approximate surface area is 113 Å². The van der Waals surface area contributed by atoms with Gasteiger partial charge in [-0.3, -0.25) is 0 Å². The number of halogens is 1. The highest BCUT2D eigenvalue weighted by Gasteiger charge is 2.11. The van der Waals surface area contributed by atoms with Crippen LogP contribution in [0, 0.1) is 5.82 Å².